The van der Waals surface area contributed by atoms with E-state index in [4.69, 9.17) is 13.3 Å². The number of hydrogen-bond acceptors (Lipinski definition) is 6. The fraction of sp³-hybridized carbons (Fsp3) is 0.138. The summed E-state index contributed by atoms with van der Waals surface area (Å²) in [5.41, 5.74) is 20.3. The van der Waals surface area contributed by atoms with Crippen LogP contribution in [-0.4, -0.2) is 6.71 Å². The highest BCUT2D eigenvalue weighted by Gasteiger charge is 2.46. The Morgan fingerprint density at radius 1 is 0.500 bits per heavy atom. The summed E-state index contributed by atoms with van der Waals surface area (Å²) in [5.74, 6) is 2.81. The second-order valence-corrected chi connectivity index (χ2v) is 22.3. The van der Waals surface area contributed by atoms with Crippen molar-refractivity contribution in [2.75, 3.05) is 9.80 Å². The zero-order valence-electron chi connectivity index (χ0n) is 41.4. The second kappa shape index (κ2) is 15.8. The number of rotatable bonds is 6. The molecule has 0 saturated heterocycles. The first kappa shape index (κ1) is 42.8. The number of para-hydroxylation sites is 3. The molecule has 348 valence electrons. The quantitative estimate of drug-likeness (QED) is 0.155. The predicted octanol–water partition coefficient (Wildman–Crippen LogP) is 17.3. The molecule has 0 atom stereocenters. The molecule has 2 aliphatic rings. The molecule has 0 unspecified atom stereocenters. The number of anilines is 6. The van der Waals surface area contributed by atoms with Gasteiger partial charge >= 0.3 is 0 Å². The van der Waals surface area contributed by atoms with E-state index in [2.05, 4.69) is 204 Å². The van der Waals surface area contributed by atoms with Crippen LogP contribution in [0.3, 0.4) is 0 Å². The first-order valence-electron chi connectivity index (χ1n) is 25.1. The van der Waals surface area contributed by atoms with Gasteiger partial charge in [0.05, 0.1) is 11.4 Å². The van der Waals surface area contributed by atoms with Crippen LogP contribution in [0, 0.1) is 13.8 Å². The molecule has 0 radical (unpaired) electrons. The van der Waals surface area contributed by atoms with Gasteiger partial charge in [-0.15, -0.1) is 11.3 Å². The number of furan rings is 3. The average Bonchev–Trinajstić information content (AvgIpc) is 4.20. The maximum Gasteiger partial charge on any atom is 0.264 e. The highest BCUT2D eigenvalue weighted by atomic mass is 32.1. The number of aryl methyl sites for hydroxylation is 2. The van der Waals surface area contributed by atoms with Crippen molar-refractivity contribution in [1.82, 2.24) is 0 Å². The molecule has 12 aromatic rings. The summed E-state index contributed by atoms with van der Waals surface area (Å²) in [7, 11) is 0. The Labute approximate surface area is 423 Å². The van der Waals surface area contributed by atoms with Gasteiger partial charge in [0, 0.05) is 70.5 Å². The Bertz CT molecular complexity index is 4070. The summed E-state index contributed by atoms with van der Waals surface area (Å²) >= 11 is 1.94. The van der Waals surface area contributed by atoms with Crippen LogP contribution in [0.15, 0.2) is 189 Å². The van der Waals surface area contributed by atoms with Crippen molar-refractivity contribution in [3.05, 3.63) is 198 Å². The molecule has 5 nitrogen and oxygen atoms in total. The summed E-state index contributed by atoms with van der Waals surface area (Å²) in [6.45, 7) is 16.1. The lowest BCUT2D eigenvalue weighted by Crippen LogP contribution is -2.60. The standard InChI is InChI=1S/C65H51BN2O3S/c1-37(2)45-31-52-61-53(32-45)68(62-38(3)27-46(28-39(62)4)59-35-43-17-10-13-22-56(43)71-59)63-49-36-47(65(5,6)7)24-26-60(49)72-64(63)66(61)50-25-23-44(58-34-42-16-9-12-21-55(42)70-58)30-51(50)67(52)48-19-14-18-40(29-48)57-33-41-15-8-11-20-54(41)69-57/h8-37H,1-7H3. The normalized spacial score (nSPS) is 13.2. The van der Waals surface area contributed by atoms with E-state index in [1.165, 1.54) is 70.8 Å². The van der Waals surface area contributed by atoms with E-state index in [0.717, 1.165) is 78.3 Å². The predicted molar refractivity (Wildman–Crippen MR) is 304 cm³/mol. The van der Waals surface area contributed by atoms with E-state index in [-0.39, 0.29) is 18.0 Å². The van der Waals surface area contributed by atoms with Crippen molar-refractivity contribution in [2.24, 2.45) is 0 Å². The van der Waals surface area contributed by atoms with E-state index in [1.54, 1.807) is 0 Å². The van der Waals surface area contributed by atoms with Crippen LogP contribution in [0.5, 0.6) is 0 Å². The second-order valence-electron chi connectivity index (χ2n) is 21.2. The maximum absolute atomic E-state index is 6.63. The Balaban J connectivity index is 1.06. The molecule has 7 heteroatoms. The third kappa shape index (κ3) is 6.60. The summed E-state index contributed by atoms with van der Waals surface area (Å²) in [6.07, 6.45) is 0. The fourth-order valence-corrected chi connectivity index (χ4v) is 12.9. The summed E-state index contributed by atoms with van der Waals surface area (Å²) in [4.78, 5) is 5.17. The van der Waals surface area contributed by atoms with Gasteiger partial charge < -0.3 is 23.1 Å². The van der Waals surface area contributed by atoms with Gasteiger partial charge in [-0.05, 0) is 149 Å². The van der Waals surface area contributed by atoms with Crippen molar-refractivity contribution in [3.63, 3.8) is 0 Å². The minimum absolute atomic E-state index is 0.0413. The molecule has 4 aromatic heterocycles. The number of benzene rings is 8. The number of hydrogen-bond donors (Lipinski definition) is 0. The van der Waals surface area contributed by atoms with Crippen LogP contribution in [-0.2, 0) is 5.41 Å². The Morgan fingerprint density at radius 2 is 1.07 bits per heavy atom. The Hall–Kier alpha value is -8.00. The molecule has 8 aromatic carbocycles. The van der Waals surface area contributed by atoms with Gasteiger partial charge in [-0.1, -0.05) is 120 Å². The lowest BCUT2D eigenvalue weighted by atomic mass is 9.36. The molecule has 0 aliphatic carbocycles. The van der Waals surface area contributed by atoms with Gasteiger partial charge in [-0.3, -0.25) is 0 Å². The fourth-order valence-electron chi connectivity index (χ4n) is 11.6. The third-order valence-corrected chi connectivity index (χ3v) is 16.4. The maximum atomic E-state index is 6.63. The third-order valence-electron chi connectivity index (χ3n) is 15.2. The Kier molecular flexibility index (Phi) is 9.37. The highest BCUT2D eigenvalue weighted by molar-refractivity contribution is 7.33. The van der Waals surface area contributed by atoms with Gasteiger partial charge in [-0.2, -0.15) is 0 Å². The van der Waals surface area contributed by atoms with Crippen molar-refractivity contribution >= 4 is 111 Å². The van der Waals surface area contributed by atoms with Gasteiger partial charge in [0.1, 0.15) is 34.0 Å². The average molecular weight is 951 g/mol. The van der Waals surface area contributed by atoms with Gasteiger partial charge in [0.25, 0.3) is 6.71 Å². The van der Waals surface area contributed by atoms with Crippen molar-refractivity contribution < 1.29 is 13.3 Å². The van der Waals surface area contributed by atoms with Crippen LogP contribution in [0.2, 0.25) is 0 Å². The topological polar surface area (TPSA) is 45.9 Å². The molecule has 0 fully saturated rings. The zero-order valence-corrected chi connectivity index (χ0v) is 42.2. The lowest BCUT2D eigenvalue weighted by molar-refractivity contribution is 0.591. The van der Waals surface area contributed by atoms with Gasteiger partial charge in [0.2, 0.25) is 0 Å². The molecular weight excluding hydrogens is 900 g/mol. The largest absolute Gasteiger partial charge is 0.456 e. The van der Waals surface area contributed by atoms with E-state index in [1.807, 2.05) is 41.7 Å². The molecule has 14 rings (SSSR count). The van der Waals surface area contributed by atoms with Crippen molar-refractivity contribution in [1.29, 1.82) is 0 Å². The summed E-state index contributed by atoms with van der Waals surface area (Å²) in [6, 6.07) is 64.0. The van der Waals surface area contributed by atoms with E-state index in [9.17, 15) is 0 Å². The molecule has 0 amide bonds. The van der Waals surface area contributed by atoms with Crippen molar-refractivity contribution in [3.8, 4) is 34.0 Å². The highest BCUT2D eigenvalue weighted by Crippen LogP contribution is 2.52. The number of fused-ring (bicyclic) bond motifs is 9. The molecule has 72 heavy (non-hydrogen) atoms. The van der Waals surface area contributed by atoms with E-state index < -0.39 is 0 Å². The van der Waals surface area contributed by atoms with Gasteiger partial charge in [0.15, 0.2) is 0 Å². The molecule has 2 aliphatic heterocycles. The van der Waals surface area contributed by atoms with Crippen LogP contribution in [0.4, 0.5) is 34.1 Å². The van der Waals surface area contributed by atoms with E-state index >= 15 is 0 Å². The minimum Gasteiger partial charge on any atom is -0.456 e. The first-order valence-corrected chi connectivity index (χ1v) is 25.9. The van der Waals surface area contributed by atoms with Gasteiger partial charge in [-0.25, -0.2) is 0 Å². The summed E-state index contributed by atoms with van der Waals surface area (Å²) in [5, 5.41) is 4.56. The molecular formula is C65H51BN2O3S. The van der Waals surface area contributed by atoms with Crippen molar-refractivity contribution in [2.45, 2.75) is 59.8 Å². The summed E-state index contributed by atoms with van der Waals surface area (Å²) < 4.78 is 22.3. The number of nitrogens with zero attached hydrogens (tertiary/aromatic N) is 2. The lowest BCUT2D eigenvalue weighted by Gasteiger charge is -2.44. The van der Waals surface area contributed by atoms with Crippen LogP contribution in [0.1, 0.15) is 62.8 Å². The smallest absolute Gasteiger partial charge is 0.264 e. The molecule has 0 bridgehead atoms. The first-order chi connectivity index (χ1) is 34.9. The molecule has 0 saturated carbocycles. The van der Waals surface area contributed by atoms with Crippen LogP contribution in [0.25, 0.3) is 77.0 Å². The minimum atomic E-state index is -0.0529. The number of thiophene rings is 1. The molecule has 0 spiro atoms. The Morgan fingerprint density at radius 3 is 1.65 bits per heavy atom. The molecule has 6 heterocycles. The van der Waals surface area contributed by atoms with Crippen LogP contribution >= 0.6 is 11.3 Å². The molecule has 0 N–H and O–H groups in total. The zero-order chi connectivity index (χ0) is 48.7. The van der Waals surface area contributed by atoms with E-state index in [0.29, 0.717) is 0 Å². The van der Waals surface area contributed by atoms with Crippen LogP contribution < -0.4 is 25.5 Å². The monoisotopic (exact) mass is 950 g/mol. The SMILES string of the molecule is Cc1cc(-c2cc3ccccc3o2)cc(C)c1N1c2cc(C(C)C)cc3c2B(c2ccc(-c4cc5ccccc5o4)cc2N3c2cccc(-c3cc4ccccc4o3)c2)c2sc3ccc(C(C)(C)C)cc3c21.